The molecule has 1 aromatic heterocycles. The zero-order valence-corrected chi connectivity index (χ0v) is 15.7. The number of benzene rings is 1. The summed E-state index contributed by atoms with van der Waals surface area (Å²) in [6, 6.07) is 11.1. The molecule has 0 atom stereocenters. The van der Waals surface area contributed by atoms with Crippen molar-refractivity contribution in [1.29, 1.82) is 0 Å². The molecule has 1 aromatic carbocycles. The molecule has 2 fully saturated rings. The van der Waals surface area contributed by atoms with Gasteiger partial charge in [0, 0.05) is 17.8 Å². The van der Waals surface area contributed by atoms with Crippen molar-refractivity contribution in [3.05, 3.63) is 58.0 Å². The van der Waals surface area contributed by atoms with Crippen LogP contribution in [0, 0.1) is 6.92 Å². The Bertz CT molecular complexity index is 911. The molecule has 4 rings (SSSR count). The third-order valence-corrected chi connectivity index (χ3v) is 5.00. The van der Waals surface area contributed by atoms with Crippen molar-refractivity contribution in [1.82, 2.24) is 9.47 Å². The zero-order valence-electron chi connectivity index (χ0n) is 15.7. The molecule has 6 nitrogen and oxygen atoms in total. The van der Waals surface area contributed by atoms with Crippen LogP contribution >= 0.6 is 0 Å². The van der Waals surface area contributed by atoms with Crippen LogP contribution in [0.2, 0.25) is 0 Å². The second kappa shape index (κ2) is 7.10. The summed E-state index contributed by atoms with van der Waals surface area (Å²) in [5.41, 5.74) is 1.49. The summed E-state index contributed by atoms with van der Waals surface area (Å²) in [7, 11) is 0. The van der Waals surface area contributed by atoms with E-state index in [9.17, 15) is 9.59 Å². The first kappa shape index (κ1) is 17.6. The number of likely N-dealkylation sites (tertiary alicyclic amines) is 1. The Morgan fingerprint density at radius 1 is 1.19 bits per heavy atom. The van der Waals surface area contributed by atoms with Gasteiger partial charge in [-0.15, -0.1) is 0 Å². The second-order valence-corrected chi connectivity index (χ2v) is 7.15. The van der Waals surface area contributed by atoms with E-state index in [1.807, 2.05) is 42.7 Å². The van der Waals surface area contributed by atoms with Gasteiger partial charge in [-0.3, -0.25) is 9.59 Å². The second-order valence-electron chi connectivity index (χ2n) is 7.15. The van der Waals surface area contributed by atoms with Gasteiger partial charge in [-0.1, -0.05) is 12.1 Å². The summed E-state index contributed by atoms with van der Waals surface area (Å²) >= 11 is 0. The van der Waals surface area contributed by atoms with Gasteiger partial charge < -0.3 is 18.9 Å². The monoisotopic (exact) mass is 368 g/mol. The fourth-order valence-electron chi connectivity index (χ4n) is 3.52. The lowest BCUT2D eigenvalue weighted by molar-refractivity contribution is 0.0174. The lowest BCUT2D eigenvalue weighted by atomic mass is 10.1. The Balaban J connectivity index is 1.39. The molecule has 0 spiro atoms. The van der Waals surface area contributed by atoms with Crippen LogP contribution < -0.4 is 15.0 Å². The smallest absolute Gasteiger partial charge is 0.257 e. The van der Waals surface area contributed by atoms with E-state index >= 15 is 0 Å². The summed E-state index contributed by atoms with van der Waals surface area (Å²) < 4.78 is 13.3. The number of amides is 1. The van der Waals surface area contributed by atoms with Crippen LogP contribution in [0.25, 0.3) is 0 Å². The zero-order chi connectivity index (χ0) is 19.0. The molecular formula is C21H24N2O4. The highest BCUT2D eigenvalue weighted by atomic mass is 16.5. The number of pyridine rings is 1. The van der Waals surface area contributed by atoms with Crippen molar-refractivity contribution >= 4 is 5.91 Å². The van der Waals surface area contributed by atoms with Gasteiger partial charge >= 0.3 is 0 Å². The average molecular weight is 368 g/mol. The standard InChI is InChI=1S/C21H24N2O4/c1-3-26-19-7-5-4-6-18(19)21(25)22-12-17(13-22)27-16-10-14(2)23(15-8-9-15)20(24)11-16/h4-7,10-11,15,17H,3,8-9,12-13H2,1-2H3. The van der Waals surface area contributed by atoms with Crippen LogP contribution in [0.3, 0.4) is 0 Å². The summed E-state index contributed by atoms with van der Waals surface area (Å²) in [6.45, 7) is 5.36. The molecule has 2 aromatic rings. The summed E-state index contributed by atoms with van der Waals surface area (Å²) in [6.07, 6.45) is 2.05. The molecule has 27 heavy (non-hydrogen) atoms. The molecular weight excluding hydrogens is 344 g/mol. The Morgan fingerprint density at radius 3 is 2.59 bits per heavy atom. The van der Waals surface area contributed by atoms with Gasteiger partial charge in [0.1, 0.15) is 17.6 Å². The van der Waals surface area contributed by atoms with Gasteiger partial charge in [0.05, 0.1) is 25.3 Å². The van der Waals surface area contributed by atoms with Crippen molar-refractivity contribution in [2.24, 2.45) is 0 Å². The molecule has 1 aliphatic carbocycles. The molecule has 0 unspecified atom stereocenters. The number of carbonyl (C=O) groups excluding carboxylic acids is 1. The summed E-state index contributed by atoms with van der Waals surface area (Å²) in [5.74, 6) is 1.13. The summed E-state index contributed by atoms with van der Waals surface area (Å²) in [4.78, 5) is 26.7. The highest BCUT2D eigenvalue weighted by Gasteiger charge is 2.34. The topological polar surface area (TPSA) is 60.8 Å². The first-order valence-corrected chi connectivity index (χ1v) is 9.47. The highest BCUT2D eigenvalue weighted by molar-refractivity contribution is 5.97. The number of hydrogen-bond acceptors (Lipinski definition) is 4. The van der Waals surface area contributed by atoms with Crippen molar-refractivity contribution in [2.45, 2.75) is 38.8 Å². The first-order chi connectivity index (χ1) is 13.1. The van der Waals surface area contributed by atoms with Crippen LogP contribution in [0.15, 0.2) is 41.2 Å². The Kier molecular flexibility index (Phi) is 4.64. The third-order valence-electron chi connectivity index (χ3n) is 5.00. The molecule has 0 N–H and O–H groups in total. The first-order valence-electron chi connectivity index (χ1n) is 9.47. The maximum atomic E-state index is 12.7. The van der Waals surface area contributed by atoms with Gasteiger partial charge in [-0.25, -0.2) is 0 Å². The quantitative estimate of drug-likeness (QED) is 0.787. The van der Waals surface area contributed by atoms with Crippen molar-refractivity contribution in [3.63, 3.8) is 0 Å². The number of para-hydroxylation sites is 1. The van der Waals surface area contributed by atoms with Crippen LogP contribution in [0.5, 0.6) is 11.5 Å². The van der Waals surface area contributed by atoms with Gasteiger partial charge in [-0.2, -0.15) is 0 Å². The lowest BCUT2D eigenvalue weighted by Gasteiger charge is -2.39. The van der Waals surface area contributed by atoms with E-state index in [0.29, 0.717) is 42.8 Å². The fourth-order valence-corrected chi connectivity index (χ4v) is 3.52. The van der Waals surface area contributed by atoms with E-state index in [2.05, 4.69) is 0 Å². The molecule has 1 aliphatic heterocycles. The Labute approximate surface area is 158 Å². The Morgan fingerprint density at radius 2 is 1.93 bits per heavy atom. The van der Waals surface area contributed by atoms with Gasteiger partial charge in [0.25, 0.3) is 11.5 Å². The average Bonchev–Trinajstić information content (AvgIpc) is 3.42. The Hall–Kier alpha value is -2.76. The largest absolute Gasteiger partial charge is 0.493 e. The fraction of sp³-hybridized carbons (Fsp3) is 0.429. The number of hydrogen-bond donors (Lipinski definition) is 0. The maximum Gasteiger partial charge on any atom is 0.257 e. The molecule has 0 bridgehead atoms. The number of nitrogens with zero attached hydrogens (tertiary/aromatic N) is 2. The lowest BCUT2D eigenvalue weighted by Crippen LogP contribution is -2.56. The van der Waals surface area contributed by atoms with E-state index < -0.39 is 0 Å². The van der Waals surface area contributed by atoms with E-state index in [1.54, 1.807) is 17.0 Å². The van der Waals surface area contributed by atoms with Gasteiger partial charge in [0.2, 0.25) is 0 Å². The number of aromatic nitrogens is 1. The predicted octanol–water partition coefficient (Wildman–Crippen LogP) is 2.79. The normalized spacial score (nSPS) is 16.7. The van der Waals surface area contributed by atoms with Crippen molar-refractivity contribution in [2.75, 3.05) is 19.7 Å². The minimum Gasteiger partial charge on any atom is -0.493 e. The molecule has 1 saturated heterocycles. The molecule has 1 amide bonds. The third kappa shape index (κ3) is 3.56. The molecule has 2 heterocycles. The van der Waals surface area contributed by atoms with E-state index in [0.717, 1.165) is 18.5 Å². The van der Waals surface area contributed by atoms with E-state index in [-0.39, 0.29) is 17.6 Å². The number of carbonyl (C=O) groups is 1. The van der Waals surface area contributed by atoms with Crippen molar-refractivity contribution in [3.8, 4) is 11.5 Å². The minimum absolute atomic E-state index is 0.00889. The SMILES string of the molecule is CCOc1ccccc1C(=O)N1CC(Oc2cc(C)n(C3CC3)c(=O)c2)C1. The maximum absolute atomic E-state index is 12.7. The molecule has 0 radical (unpaired) electrons. The van der Waals surface area contributed by atoms with Crippen LogP contribution in [-0.2, 0) is 0 Å². The van der Waals surface area contributed by atoms with Crippen LogP contribution in [0.1, 0.15) is 41.9 Å². The van der Waals surface area contributed by atoms with Crippen LogP contribution in [-0.4, -0.2) is 41.2 Å². The van der Waals surface area contributed by atoms with Crippen molar-refractivity contribution < 1.29 is 14.3 Å². The predicted molar refractivity (Wildman–Crippen MR) is 102 cm³/mol. The minimum atomic E-state index is -0.0937. The number of rotatable bonds is 6. The summed E-state index contributed by atoms with van der Waals surface area (Å²) in [5, 5.41) is 0. The van der Waals surface area contributed by atoms with Crippen LogP contribution in [0.4, 0.5) is 0 Å². The number of aryl methyl sites for hydroxylation is 1. The molecule has 1 saturated carbocycles. The van der Waals surface area contributed by atoms with Gasteiger partial charge in [0.15, 0.2) is 0 Å². The number of ether oxygens (including phenoxy) is 2. The molecule has 2 aliphatic rings. The highest BCUT2D eigenvalue weighted by Crippen LogP contribution is 2.35. The van der Waals surface area contributed by atoms with E-state index in [1.165, 1.54) is 0 Å². The molecule has 142 valence electrons. The van der Waals surface area contributed by atoms with E-state index in [4.69, 9.17) is 9.47 Å². The molecule has 6 heteroatoms. The van der Waals surface area contributed by atoms with Gasteiger partial charge in [-0.05, 0) is 44.9 Å².